The molecule has 0 saturated carbocycles. The predicted molar refractivity (Wildman–Crippen MR) is 101 cm³/mol. The first-order chi connectivity index (χ1) is 12.0. The molecule has 2 saturated heterocycles. The number of fused-ring (bicyclic) bond motifs is 1. The van der Waals surface area contributed by atoms with Crippen LogP contribution in [-0.4, -0.2) is 42.4 Å². The number of amides is 1. The standard InChI is InChI=1S/C22H26N2O/c1-15-9-10-18(11-16(15)2)22(25)24-13-19-12-23(3)21(20(19)14-24)17-7-5-4-6-8-17/h4-11,19-21H,12-14H2,1-3H3/t19-,20+,21-/m0/s1. The highest BCUT2D eigenvalue weighted by molar-refractivity contribution is 5.94. The molecule has 0 bridgehead atoms. The zero-order valence-corrected chi connectivity index (χ0v) is 15.3. The Hall–Kier alpha value is -2.13. The number of benzene rings is 2. The molecule has 2 aromatic carbocycles. The van der Waals surface area contributed by atoms with Crippen molar-refractivity contribution in [2.45, 2.75) is 19.9 Å². The van der Waals surface area contributed by atoms with E-state index in [4.69, 9.17) is 0 Å². The minimum atomic E-state index is 0.187. The smallest absolute Gasteiger partial charge is 0.253 e. The quantitative estimate of drug-likeness (QED) is 0.836. The molecule has 0 spiro atoms. The van der Waals surface area contributed by atoms with Crippen LogP contribution in [-0.2, 0) is 0 Å². The highest BCUT2D eigenvalue weighted by Gasteiger charge is 2.47. The van der Waals surface area contributed by atoms with Crippen molar-refractivity contribution < 1.29 is 4.79 Å². The zero-order chi connectivity index (χ0) is 17.6. The molecule has 0 N–H and O–H groups in total. The molecule has 2 aromatic rings. The van der Waals surface area contributed by atoms with Gasteiger partial charge in [0.1, 0.15) is 0 Å². The van der Waals surface area contributed by atoms with Gasteiger partial charge in [-0.25, -0.2) is 0 Å². The number of likely N-dealkylation sites (tertiary alicyclic amines) is 2. The van der Waals surface area contributed by atoms with Gasteiger partial charge < -0.3 is 4.90 Å². The second-order valence-electron chi connectivity index (χ2n) is 7.73. The Morgan fingerprint density at radius 2 is 1.72 bits per heavy atom. The van der Waals surface area contributed by atoms with Crippen molar-refractivity contribution in [1.29, 1.82) is 0 Å². The lowest BCUT2D eigenvalue weighted by atomic mass is 9.90. The Morgan fingerprint density at radius 3 is 2.44 bits per heavy atom. The molecule has 2 aliphatic heterocycles. The van der Waals surface area contributed by atoms with Gasteiger partial charge in [0.25, 0.3) is 5.91 Å². The van der Waals surface area contributed by atoms with Crippen molar-refractivity contribution in [3.8, 4) is 0 Å². The highest BCUT2D eigenvalue weighted by Crippen LogP contribution is 2.44. The maximum absolute atomic E-state index is 13.0. The summed E-state index contributed by atoms with van der Waals surface area (Å²) >= 11 is 0. The van der Waals surface area contributed by atoms with Crippen LogP contribution in [0.5, 0.6) is 0 Å². The van der Waals surface area contributed by atoms with Crippen molar-refractivity contribution in [3.63, 3.8) is 0 Å². The lowest BCUT2D eigenvalue weighted by Crippen LogP contribution is -2.33. The topological polar surface area (TPSA) is 23.6 Å². The summed E-state index contributed by atoms with van der Waals surface area (Å²) in [7, 11) is 2.21. The third-order valence-electron chi connectivity index (χ3n) is 6.08. The summed E-state index contributed by atoms with van der Waals surface area (Å²) in [6, 6.07) is 17.2. The lowest BCUT2D eigenvalue weighted by molar-refractivity contribution is 0.0767. The van der Waals surface area contributed by atoms with E-state index in [0.29, 0.717) is 17.9 Å². The van der Waals surface area contributed by atoms with E-state index in [2.05, 4.69) is 67.1 Å². The lowest BCUT2D eigenvalue weighted by Gasteiger charge is -2.27. The Labute approximate surface area is 150 Å². The number of hydrogen-bond acceptors (Lipinski definition) is 2. The fourth-order valence-corrected chi connectivity index (χ4v) is 4.63. The third kappa shape index (κ3) is 2.87. The van der Waals surface area contributed by atoms with Crippen molar-refractivity contribution in [2.24, 2.45) is 11.8 Å². The first-order valence-electron chi connectivity index (χ1n) is 9.16. The molecule has 2 heterocycles. The average molecular weight is 334 g/mol. The van der Waals surface area contributed by atoms with Gasteiger partial charge in [-0.3, -0.25) is 9.69 Å². The normalized spacial score (nSPS) is 26.0. The summed E-state index contributed by atoms with van der Waals surface area (Å²) in [5, 5.41) is 0. The van der Waals surface area contributed by atoms with E-state index < -0.39 is 0 Å². The van der Waals surface area contributed by atoms with Crippen LogP contribution in [0.25, 0.3) is 0 Å². The van der Waals surface area contributed by atoms with Crippen LogP contribution in [0.4, 0.5) is 0 Å². The van der Waals surface area contributed by atoms with Gasteiger partial charge in [-0.05, 0) is 55.6 Å². The Morgan fingerprint density at radius 1 is 0.960 bits per heavy atom. The summed E-state index contributed by atoms with van der Waals surface area (Å²) in [4.78, 5) is 17.5. The van der Waals surface area contributed by atoms with E-state index in [1.165, 1.54) is 16.7 Å². The van der Waals surface area contributed by atoms with Crippen molar-refractivity contribution in [1.82, 2.24) is 9.80 Å². The molecule has 0 aliphatic carbocycles. The van der Waals surface area contributed by atoms with Crippen LogP contribution in [0.15, 0.2) is 48.5 Å². The predicted octanol–water partition coefficient (Wildman–Crippen LogP) is 3.68. The molecule has 130 valence electrons. The van der Waals surface area contributed by atoms with Crippen LogP contribution in [0.1, 0.15) is 33.1 Å². The number of carbonyl (C=O) groups is 1. The average Bonchev–Trinajstić information content (AvgIpc) is 3.14. The number of nitrogens with zero attached hydrogens (tertiary/aromatic N) is 2. The van der Waals surface area contributed by atoms with Crippen LogP contribution < -0.4 is 0 Å². The number of hydrogen-bond donors (Lipinski definition) is 0. The Balaban J connectivity index is 1.55. The van der Waals surface area contributed by atoms with Crippen molar-refractivity contribution >= 4 is 5.91 Å². The van der Waals surface area contributed by atoms with Crippen molar-refractivity contribution in [3.05, 3.63) is 70.8 Å². The second-order valence-corrected chi connectivity index (χ2v) is 7.73. The van der Waals surface area contributed by atoms with Crippen LogP contribution in [0.2, 0.25) is 0 Å². The van der Waals surface area contributed by atoms with E-state index >= 15 is 0 Å². The van der Waals surface area contributed by atoms with E-state index in [1.54, 1.807) is 0 Å². The molecule has 3 nitrogen and oxygen atoms in total. The Kier molecular flexibility index (Phi) is 4.12. The molecule has 3 atom stereocenters. The van der Waals surface area contributed by atoms with Crippen molar-refractivity contribution in [2.75, 3.05) is 26.7 Å². The maximum Gasteiger partial charge on any atom is 0.253 e. The van der Waals surface area contributed by atoms with Gasteiger partial charge in [-0.2, -0.15) is 0 Å². The Bertz CT molecular complexity index is 786. The van der Waals surface area contributed by atoms with E-state index in [9.17, 15) is 4.79 Å². The van der Waals surface area contributed by atoms with Crippen LogP contribution >= 0.6 is 0 Å². The van der Waals surface area contributed by atoms with Crippen LogP contribution in [0.3, 0.4) is 0 Å². The minimum absolute atomic E-state index is 0.187. The molecule has 4 rings (SSSR count). The minimum Gasteiger partial charge on any atom is -0.338 e. The largest absolute Gasteiger partial charge is 0.338 e. The number of carbonyl (C=O) groups excluding carboxylic acids is 1. The first-order valence-corrected chi connectivity index (χ1v) is 9.16. The second kappa shape index (κ2) is 6.30. The van der Waals surface area contributed by atoms with Gasteiger partial charge in [0, 0.05) is 37.2 Å². The van der Waals surface area contributed by atoms with E-state index in [-0.39, 0.29) is 5.91 Å². The first kappa shape index (κ1) is 16.3. The SMILES string of the molecule is Cc1ccc(C(=O)N2C[C@@H]3CN(C)[C@@H](c4ccccc4)[C@@H]3C2)cc1C. The van der Waals surface area contributed by atoms with Crippen LogP contribution in [0, 0.1) is 25.7 Å². The molecular formula is C22H26N2O. The van der Waals surface area contributed by atoms with Gasteiger partial charge in [0.2, 0.25) is 0 Å². The summed E-state index contributed by atoms with van der Waals surface area (Å²) in [5.41, 5.74) is 4.62. The molecular weight excluding hydrogens is 308 g/mol. The summed E-state index contributed by atoms with van der Waals surface area (Å²) in [6.45, 7) is 6.97. The van der Waals surface area contributed by atoms with E-state index in [0.717, 1.165) is 25.2 Å². The maximum atomic E-state index is 13.0. The molecule has 1 amide bonds. The monoisotopic (exact) mass is 334 g/mol. The summed E-state index contributed by atoms with van der Waals surface area (Å²) in [6.07, 6.45) is 0. The summed E-state index contributed by atoms with van der Waals surface area (Å²) in [5.74, 6) is 1.29. The zero-order valence-electron chi connectivity index (χ0n) is 15.3. The number of rotatable bonds is 2. The highest BCUT2D eigenvalue weighted by atomic mass is 16.2. The third-order valence-corrected chi connectivity index (χ3v) is 6.08. The van der Waals surface area contributed by atoms with Gasteiger partial charge >= 0.3 is 0 Å². The van der Waals surface area contributed by atoms with Gasteiger partial charge in [-0.1, -0.05) is 36.4 Å². The molecule has 2 fully saturated rings. The molecule has 0 aromatic heterocycles. The molecule has 2 aliphatic rings. The molecule has 25 heavy (non-hydrogen) atoms. The fourth-order valence-electron chi connectivity index (χ4n) is 4.63. The molecule has 0 radical (unpaired) electrons. The molecule has 3 heteroatoms. The van der Waals surface area contributed by atoms with Gasteiger partial charge in [-0.15, -0.1) is 0 Å². The van der Waals surface area contributed by atoms with E-state index in [1.807, 2.05) is 12.1 Å². The fraction of sp³-hybridized carbons (Fsp3) is 0.409. The molecule has 0 unspecified atom stereocenters. The number of aryl methyl sites for hydroxylation is 2. The summed E-state index contributed by atoms with van der Waals surface area (Å²) < 4.78 is 0. The van der Waals surface area contributed by atoms with Gasteiger partial charge in [0.15, 0.2) is 0 Å². The van der Waals surface area contributed by atoms with Gasteiger partial charge in [0.05, 0.1) is 0 Å².